The number of ether oxygens (including phenoxy) is 2. The Kier molecular flexibility index (Phi) is 7.92. The fourth-order valence-electron chi connectivity index (χ4n) is 4.11. The lowest BCUT2D eigenvalue weighted by molar-refractivity contribution is -0.122. The molecular weight excluding hydrogens is 412 g/mol. The van der Waals surface area contributed by atoms with Crippen molar-refractivity contribution in [3.63, 3.8) is 0 Å². The molecule has 0 radical (unpaired) electrons. The van der Waals surface area contributed by atoms with E-state index in [1.807, 2.05) is 45.0 Å². The molecule has 1 aromatic rings. The van der Waals surface area contributed by atoms with Gasteiger partial charge in [0.05, 0.1) is 7.11 Å². The Bertz CT molecular complexity index is 788. The molecule has 1 aromatic carbocycles. The second kappa shape index (κ2) is 10.4. The van der Waals surface area contributed by atoms with Crippen LogP contribution < -0.4 is 15.4 Å². The quantitative estimate of drug-likeness (QED) is 0.557. The van der Waals surface area contributed by atoms with Crippen molar-refractivity contribution >= 4 is 23.8 Å². The molecule has 1 saturated carbocycles. The van der Waals surface area contributed by atoms with Gasteiger partial charge >= 0.3 is 6.09 Å². The number of amides is 2. The maximum absolute atomic E-state index is 12.9. The van der Waals surface area contributed by atoms with Gasteiger partial charge in [0.2, 0.25) is 5.91 Å². The van der Waals surface area contributed by atoms with Gasteiger partial charge in [-0.2, -0.15) is 11.8 Å². The zero-order chi connectivity index (χ0) is 22.4. The van der Waals surface area contributed by atoms with E-state index in [0.717, 1.165) is 23.0 Å². The molecule has 0 spiro atoms. The van der Waals surface area contributed by atoms with Crippen molar-refractivity contribution in [2.24, 2.45) is 17.8 Å². The van der Waals surface area contributed by atoms with Crippen LogP contribution in [-0.2, 0) is 16.1 Å². The molecular formula is C24H34N2O4S. The van der Waals surface area contributed by atoms with E-state index in [1.165, 1.54) is 12.8 Å². The number of benzene rings is 1. The number of nitrogens with one attached hydrogen (secondary N) is 2. The molecule has 2 N–H and O–H groups in total. The van der Waals surface area contributed by atoms with Crippen molar-refractivity contribution in [1.82, 2.24) is 10.6 Å². The van der Waals surface area contributed by atoms with Gasteiger partial charge in [-0.15, -0.1) is 0 Å². The number of methoxy groups -OCH3 is 1. The molecule has 2 aliphatic rings. The van der Waals surface area contributed by atoms with Gasteiger partial charge in [-0.1, -0.05) is 24.3 Å². The summed E-state index contributed by atoms with van der Waals surface area (Å²) in [5, 5.41) is 5.69. The van der Waals surface area contributed by atoms with Gasteiger partial charge in [0.1, 0.15) is 17.4 Å². The molecule has 7 heteroatoms. The van der Waals surface area contributed by atoms with E-state index in [1.54, 1.807) is 18.9 Å². The standard InChI is InChI=1S/C24H34N2O4S/c1-24(2,3)30-23(28)26-21(15-31-14-19-12-17-5-8-18(19)11-17)22(27)25-13-16-6-9-20(29-4)10-7-16/h5-10,17-19,21H,11-15H2,1-4H3,(H,25,27)(H,26,28)/t17-,18+,19+,21-/m0/s1. The van der Waals surface area contributed by atoms with Crippen LogP contribution in [0, 0.1) is 17.8 Å². The second-order valence-electron chi connectivity index (χ2n) is 9.34. The summed E-state index contributed by atoms with van der Waals surface area (Å²) in [4.78, 5) is 25.2. The summed E-state index contributed by atoms with van der Waals surface area (Å²) >= 11 is 1.73. The van der Waals surface area contributed by atoms with E-state index in [-0.39, 0.29) is 5.91 Å². The summed E-state index contributed by atoms with van der Waals surface area (Å²) in [5.41, 5.74) is 0.350. The van der Waals surface area contributed by atoms with E-state index in [9.17, 15) is 9.59 Å². The summed E-state index contributed by atoms with van der Waals surface area (Å²) in [7, 11) is 1.62. The molecule has 1 fully saturated rings. The van der Waals surface area contributed by atoms with E-state index in [0.29, 0.717) is 24.1 Å². The lowest BCUT2D eigenvalue weighted by Crippen LogP contribution is -2.49. The molecule has 3 rings (SSSR count). The maximum Gasteiger partial charge on any atom is 0.408 e. The highest BCUT2D eigenvalue weighted by molar-refractivity contribution is 7.99. The monoisotopic (exact) mass is 446 g/mol. The minimum Gasteiger partial charge on any atom is -0.497 e. The third kappa shape index (κ3) is 7.20. The third-order valence-electron chi connectivity index (χ3n) is 5.67. The van der Waals surface area contributed by atoms with E-state index < -0.39 is 17.7 Å². The molecule has 0 saturated heterocycles. The van der Waals surface area contributed by atoms with Crippen LogP contribution in [0.15, 0.2) is 36.4 Å². The van der Waals surface area contributed by atoms with Crippen LogP contribution in [0.2, 0.25) is 0 Å². The van der Waals surface area contributed by atoms with Gasteiger partial charge in [-0.3, -0.25) is 4.79 Å². The minimum absolute atomic E-state index is 0.206. The molecule has 0 aromatic heterocycles. The molecule has 31 heavy (non-hydrogen) atoms. The molecule has 4 atom stereocenters. The number of hydrogen-bond donors (Lipinski definition) is 2. The maximum atomic E-state index is 12.9. The molecule has 2 bridgehead atoms. The van der Waals surface area contributed by atoms with Crippen LogP contribution in [0.25, 0.3) is 0 Å². The molecule has 170 valence electrons. The van der Waals surface area contributed by atoms with Crippen LogP contribution in [0.5, 0.6) is 5.75 Å². The molecule has 0 unspecified atom stereocenters. The highest BCUT2D eigenvalue weighted by Gasteiger charge is 2.35. The first-order chi connectivity index (χ1) is 14.7. The first kappa shape index (κ1) is 23.5. The summed E-state index contributed by atoms with van der Waals surface area (Å²) in [5.74, 6) is 4.17. The zero-order valence-electron chi connectivity index (χ0n) is 18.9. The van der Waals surface area contributed by atoms with Crippen molar-refractivity contribution < 1.29 is 19.1 Å². The average molecular weight is 447 g/mol. The first-order valence-electron chi connectivity index (χ1n) is 10.9. The summed E-state index contributed by atoms with van der Waals surface area (Å²) < 4.78 is 10.5. The Morgan fingerprint density at radius 2 is 1.90 bits per heavy atom. The molecule has 6 nitrogen and oxygen atoms in total. The largest absolute Gasteiger partial charge is 0.497 e. The van der Waals surface area contributed by atoms with E-state index in [2.05, 4.69) is 22.8 Å². The van der Waals surface area contributed by atoms with Gasteiger partial charge in [-0.05, 0) is 74.8 Å². The van der Waals surface area contributed by atoms with Crippen LogP contribution in [0.4, 0.5) is 4.79 Å². The predicted molar refractivity (Wildman–Crippen MR) is 124 cm³/mol. The molecule has 0 heterocycles. The number of alkyl carbamates (subject to hydrolysis) is 1. The van der Waals surface area contributed by atoms with Crippen LogP contribution in [-0.4, -0.2) is 42.3 Å². The van der Waals surface area contributed by atoms with Gasteiger partial charge < -0.3 is 20.1 Å². The van der Waals surface area contributed by atoms with E-state index >= 15 is 0 Å². The van der Waals surface area contributed by atoms with Gasteiger partial charge in [0.15, 0.2) is 0 Å². The number of fused-ring (bicyclic) bond motifs is 2. The number of thioether (sulfide) groups is 1. The summed E-state index contributed by atoms with van der Waals surface area (Å²) in [6.07, 6.45) is 6.62. The van der Waals surface area contributed by atoms with Crippen LogP contribution in [0.1, 0.15) is 39.2 Å². The smallest absolute Gasteiger partial charge is 0.408 e. The van der Waals surface area contributed by atoms with Crippen molar-refractivity contribution in [3.8, 4) is 5.75 Å². The van der Waals surface area contributed by atoms with Crippen LogP contribution in [0.3, 0.4) is 0 Å². The molecule has 2 aliphatic carbocycles. The number of rotatable bonds is 9. The minimum atomic E-state index is -0.646. The fraction of sp³-hybridized carbons (Fsp3) is 0.583. The highest BCUT2D eigenvalue weighted by Crippen LogP contribution is 2.44. The number of carbonyl (C=O) groups is 2. The SMILES string of the molecule is COc1ccc(CNC(=O)[C@H](CSC[C@H]2C[C@H]3C=C[C@@H]2C3)NC(=O)OC(C)(C)C)cc1. The lowest BCUT2D eigenvalue weighted by atomic mass is 9.96. The molecule has 0 aliphatic heterocycles. The van der Waals surface area contributed by atoms with Crippen molar-refractivity contribution in [1.29, 1.82) is 0 Å². The Hall–Kier alpha value is -2.15. The Labute approximate surface area is 189 Å². The number of carbonyl (C=O) groups excluding carboxylic acids is 2. The lowest BCUT2D eigenvalue weighted by Gasteiger charge is -2.24. The van der Waals surface area contributed by atoms with Gasteiger partial charge in [0.25, 0.3) is 0 Å². The van der Waals surface area contributed by atoms with E-state index in [4.69, 9.17) is 9.47 Å². The number of allylic oxidation sites excluding steroid dienone is 2. The highest BCUT2D eigenvalue weighted by atomic mass is 32.2. The topological polar surface area (TPSA) is 76.7 Å². The van der Waals surface area contributed by atoms with Crippen molar-refractivity contribution in [2.75, 3.05) is 18.6 Å². The summed E-state index contributed by atoms with van der Waals surface area (Å²) in [6, 6.07) is 6.89. The van der Waals surface area contributed by atoms with Crippen LogP contribution >= 0.6 is 11.8 Å². The third-order valence-corrected chi connectivity index (χ3v) is 6.90. The fourth-order valence-corrected chi connectivity index (χ4v) is 5.40. The van der Waals surface area contributed by atoms with Gasteiger partial charge in [-0.25, -0.2) is 4.79 Å². The van der Waals surface area contributed by atoms with Gasteiger partial charge in [0, 0.05) is 12.3 Å². The predicted octanol–water partition coefficient (Wildman–Crippen LogP) is 4.15. The number of hydrogen-bond acceptors (Lipinski definition) is 5. The molecule has 2 amide bonds. The second-order valence-corrected chi connectivity index (χ2v) is 10.4. The Morgan fingerprint density at radius 3 is 2.48 bits per heavy atom. The Balaban J connectivity index is 1.53. The van der Waals surface area contributed by atoms with Crippen molar-refractivity contribution in [2.45, 2.75) is 51.8 Å². The summed E-state index contributed by atoms with van der Waals surface area (Å²) in [6.45, 7) is 5.81. The zero-order valence-corrected chi connectivity index (χ0v) is 19.7. The average Bonchev–Trinajstić information content (AvgIpc) is 3.33. The van der Waals surface area contributed by atoms with Crippen molar-refractivity contribution in [3.05, 3.63) is 42.0 Å². The first-order valence-corrected chi connectivity index (χ1v) is 12.0. The Morgan fingerprint density at radius 1 is 1.16 bits per heavy atom. The normalized spacial score (nSPS) is 22.8.